The van der Waals surface area contributed by atoms with Crippen LogP contribution in [0.4, 0.5) is 0 Å². The highest BCUT2D eigenvalue weighted by molar-refractivity contribution is 4.88. The van der Waals surface area contributed by atoms with Crippen molar-refractivity contribution in [1.82, 2.24) is 5.32 Å². The van der Waals surface area contributed by atoms with Crippen LogP contribution in [-0.2, 0) is 4.74 Å². The van der Waals surface area contributed by atoms with E-state index in [1.54, 1.807) is 0 Å². The van der Waals surface area contributed by atoms with Gasteiger partial charge in [0, 0.05) is 6.54 Å². The van der Waals surface area contributed by atoms with Gasteiger partial charge in [-0.15, -0.1) is 0 Å². The van der Waals surface area contributed by atoms with Crippen LogP contribution in [0.15, 0.2) is 0 Å². The van der Waals surface area contributed by atoms with Crippen molar-refractivity contribution in [3.05, 3.63) is 0 Å². The van der Waals surface area contributed by atoms with Crippen molar-refractivity contribution in [2.24, 2.45) is 5.92 Å². The van der Waals surface area contributed by atoms with Gasteiger partial charge in [-0.2, -0.15) is 0 Å². The average Bonchev–Trinajstić information content (AvgIpc) is 2.23. The second kappa shape index (κ2) is 6.61. The Hall–Kier alpha value is -0.0800. The van der Waals surface area contributed by atoms with Gasteiger partial charge in [-0.05, 0) is 52.0 Å². The van der Waals surface area contributed by atoms with Crippen molar-refractivity contribution in [3.63, 3.8) is 0 Å². The van der Waals surface area contributed by atoms with E-state index in [0.29, 0.717) is 6.10 Å². The fourth-order valence-electron chi connectivity index (χ4n) is 2.84. The Labute approximate surface area is 101 Å². The van der Waals surface area contributed by atoms with Crippen LogP contribution in [0.3, 0.4) is 0 Å². The Morgan fingerprint density at radius 2 is 2.00 bits per heavy atom. The molecule has 2 nitrogen and oxygen atoms in total. The van der Waals surface area contributed by atoms with Gasteiger partial charge in [-0.1, -0.05) is 20.3 Å². The van der Waals surface area contributed by atoms with E-state index < -0.39 is 0 Å². The van der Waals surface area contributed by atoms with E-state index in [9.17, 15) is 0 Å². The van der Waals surface area contributed by atoms with Gasteiger partial charge in [0.2, 0.25) is 0 Å². The van der Waals surface area contributed by atoms with E-state index in [-0.39, 0.29) is 5.60 Å². The third kappa shape index (κ3) is 4.06. The summed E-state index contributed by atoms with van der Waals surface area (Å²) in [6, 6.07) is 0. The van der Waals surface area contributed by atoms with E-state index in [0.717, 1.165) is 12.5 Å². The predicted molar refractivity (Wildman–Crippen MR) is 69.7 cm³/mol. The molecule has 1 aliphatic carbocycles. The summed E-state index contributed by atoms with van der Waals surface area (Å²) in [7, 11) is 2.04. The molecule has 0 aromatic carbocycles. The highest BCUT2D eigenvalue weighted by Gasteiger charge is 2.35. The summed E-state index contributed by atoms with van der Waals surface area (Å²) in [5.41, 5.74) is 0.121. The second-order valence-electron chi connectivity index (χ2n) is 5.61. The van der Waals surface area contributed by atoms with E-state index in [2.05, 4.69) is 26.1 Å². The quantitative estimate of drug-likeness (QED) is 0.751. The van der Waals surface area contributed by atoms with Gasteiger partial charge < -0.3 is 10.1 Å². The van der Waals surface area contributed by atoms with Crippen LogP contribution in [-0.4, -0.2) is 25.3 Å². The predicted octanol–water partition coefficient (Wildman–Crippen LogP) is 3.36. The van der Waals surface area contributed by atoms with Gasteiger partial charge in [0.1, 0.15) is 0 Å². The van der Waals surface area contributed by atoms with Crippen LogP contribution < -0.4 is 5.32 Å². The zero-order chi connectivity index (χ0) is 12.0. The van der Waals surface area contributed by atoms with Crippen LogP contribution in [0.2, 0.25) is 0 Å². The fraction of sp³-hybridized carbons (Fsp3) is 1.00. The summed E-state index contributed by atoms with van der Waals surface area (Å²) in [6.07, 6.45) is 7.90. The molecule has 0 heterocycles. The number of hydrogen-bond donors (Lipinski definition) is 1. The van der Waals surface area contributed by atoms with Crippen molar-refractivity contribution in [2.75, 3.05) is 13.6 Å². The zero-order valence-electron chi connectivity index (χ0n) is 11.5. The summed E-state index contributed by atoms with van der Waals surface area (Å²) in [6.45, 7) is 7.82. The number of rotatable bonds is 6. The van der Waals surface area contributed by atoms with Crippen molar-refractivity contribution in [3.8, 4) is 0 Å². The molecule has 2 heteroatoms. The molecule has 1 atom stereocenters. The Morgan fingerprint density at radius 1 is 1.38 bits per heavy atom. The van der Waals surface area contributed by atoms with Crippen LogP contribution in [0.5, 0.6) is 0 Å². The maximum Gasteiger partial charge on any atom is 0.0809 e. The normalized spacial score (nSPS) is 32.6. The lowest BCUT2D eigenvalue weighted by molar-refractivity contribution is -0.112. The summed E-state index contributed by atoms with van der Waals surface area (Å²) < 4.78 is 6.35. The second-order valence-corrected chi connectivity index (χ2v) is 5.61. The van der Waals surface area contributed by atoms with E-state index in [4.69, 9.17) is 4.74 Å². The summed E-state index contributed by atoms with van der Waals surface area (Å²) in [5, 5.41) is 3.32. The fourth-order valence-corrected chi connectivity index (χ4v) is 2.84. The molecule has 0 saturated heterocycles. The summed E-state index contributed by atoms with van der Waals surface area (Å²) >= 11 is 0. The maximum atomic E-state index is 6.35. The monoisotopic (exact) mass is 227 g/mol. The molecule has 0 bridgehead atoms. The minimum Gasteiger partial charge on any atom is -0.371 e. The summed E-state index contributed by atoms with van der Waals surface area (Å²) in [4.78, 5) is 0. The number of likely N-dealkylation sites (N-methyl/N-ethyl adjacent to an activating group) is 1. The minimum atomic E-state index is 0.121. The molecule has 0 radical (unpaired) electrons. The highest BCUT2D eigenvalue weighted by Crippen LogP contribution is 2.35. The molecule has 1 unspecified atom stereocenters. The first kappa shape index (κ1) is 14.0. The standard InChI is InChI=1S/C14H29NO/c1-5-6-13(3)16-14(11-15-4)9-7-12(2)8-10-14/h12-13,15H,5-11H2,1-4H3. The van der Waals surface area contributed by atoms with Gasteiger partial charge in [-0.3, -0.25) is 0 Å². The lowest BCUT2D eigenvalue weighted by Crippen LogP contribution is -2.46. The van der Waals surface area contributed by atoms with Gasteiger partial charge in [0.05, 0.1) is 11.7 Å². The minimum absolute atomic E-state index is 0.121. The first-order valence-electron chi connectivity index (χ1n) is 6.94. The highest BCUT2D eigenvalue weighted by atomic mass is 16.5. The molecule has 96 valence electrons. The van der Waals surface area contributed by atoms with Gasteiger partial charge in [0.15, 0.2) is 0 Å². The Kier molecular flexibility index (Phi) is 5.77. The smallest absolute Gasteiger partial charge is 0.0809 e. The van der Waals surface area contributed by atoms with E-state index >= 15 is 0 Å². The SMILES string of the molecule is CCCC(C)OC1(CNC)CCC(C)CC1. The number of nitrogens with one attached hydrogen (secondary N) is 1. The molecule has 0 aromatic heterocycles. The molecule has 16 heavy (non-hydrogen) atoms. The first-order valence-corrected chi connectivity index (χ1v) is 6.94. The Bertz CT molecular complexity index is 185. The van der Waals surface area contributed by atoms with E-state index in [1.165, 1.54) is 38.5 Å². The first-order chi connectivity index (χ1) is 7.62. The van der Waals surface area contributed by atoms with Crippen LogP contribution in [0.25, 0.3) is 0 Å². The van der Waals surface area contributed by atoms with Gasteiger partial charge in [-0.25, -0.2) is 0 Å². The van der Waals surface area contributed by atoms with Gasteiger partial charge >= 0.3 is 0 Å². The third-order valence-electron chi connectivity index (χ3n) is 3.83. The summed E-state index contributed by atoms with van der Waals surface area (Å²) in [5.74, 6) is 0.884. The van der Waals surface area contributed by atoms with Crippen molar-refractivity contribution < 1.29 is 4.74 Å². The molecule has 1 saturated carbocycles. The molecule has 0 aliphatic heterocycles. The Balaban J connectivity index is 2.51. The van der Waals surface area contributed by atoms with Crippen LogP contribution in [0, 0.1) is 5.92 Å². The molecule has 1 N–H and O–H groups in total. The molecular weight excluding hydrogens is 198 g/mol. The molecule has 1 aliphatic rings. The van der Waals surface area contributed by atoms with Crippen LogP contribution in [0.1, 0.15) is 59.3 Å². The van der Waals surface area contributed by atoms with E-state index in [1.807, 2.05) is 7.05 Å². The van der Waals surface area contributed by atoms with Crippen molar-refractivity contribution >= 4 is 0 Å². The molecule has 1 fully saturated rings. The zero-order valence-corrected chi connectivity index (χ0v) is 11.5. The number of ether oxygens (including phenoxy) is 1. The van der Waals surface area contributed by atoms with Crippen molar-refractivity contribution in [2.45, 2.75) is 71.0 Å². The molecule has 1 rings (SSSR count). The molecule has 0 aromatic rings. The van der Waals surface area contributed by atoms with Gasteiger partial charge in [0.25, 0.3) is 0 Å². The third-order valence-corrected chi connectivity index (χ3v) is 3.83. The maximum absolute atomic E-state index is 6.35. The Morgan fingerprint density at radius 3 is 2.50 bits per heavy atom. The molecule has 0 amide bonds. The topological polar surface area (TPSA) is 21.3 Å². The molecule has 0 spiro atoms. The largest absolute Gasteiger partial charge is 0.371 e. The lowest BCUT2D eigenvalue weighted by Gasteiger charge is -2.41. The number of hydrogen-bond acceptors (Lipinski definition) is 2. The lowest BCUT2D eigenvalue weighted by atomic mass is 9.79. The van der Waals surface area contributed by atoms with Crippen molar-refractivity contribution in [1.29, 1.82) is 0 Å². The van der Waals surface area contributed by atoms with Crippen LogP contribution >= 0.6 is 0 Å². The molecular formula is C14H29NO. The average molecular weight is 227 g/mol.